The summed E-state index contributed by atoms with van der Waals surface area (Å²) in [4.78, 5) is 24.2. The van der Waals surface area contributed by atoms with Gasteiger partial charge in [0.25, 0.3) is 0 Å². The summed E-state index contributed by atoms with van der Waals surface area (Å²) in [5.41, 5.74) is 7.38. The third kappa shape index (κ3) is 5.01. The van der Waals surface area contributed by atoms with Crippen molar-refractivity contribution in [3.8, 4) is 17.2 Å². The van der Waals surface area contributed by atoms with Crippen molar-refractivity contribution >= 4 is 35.2 Å². The highest BCUT2D eigenvalue weighted by molar-refractivity contribution is 5.90. The molecule has 11 heteroatoms. The summed E-state index contributed by atoms with van der Waals surface area (Å²) in [6.07, 6.45) is 0. The lowest BCUT2D eigenvalue weighted by molar-refractivity contribution is 0.0601. The van der Waals surface area contributed by atoms with Gasteiger partial charge in [-0.25, -0.2) is 4.79 Å². The molecule has 3 aromatic rings. The highest BCUT2D eigenvalue weighted by Gasteiger charge is 2.15. The van der Waals surface area contributed by atoms with Crippen LogP contribution in [-0.2, 0) is 4.74 Å². The lowest BCUT2D eigenvalue weighted by Crippen LogP contribution is -2.08. The zero-order valence-corrected chi connectivity index (χ0v) is 17.4. The molecule has 0 unspecified atom stereocenters. The number of anilines is 5. The molecule has 4 N–H and O–H groups in total. The number of nitrogens with one attached hydrogen (secondary N) is 2. The molecule has 0 fully saturated rings. The molecule has 3 rings (SSSR count). The van der Waals surface area contributed by atoms with Crippen LogP contribution < -0.4 is 30.6 Å². The maximum atomic E-state index is 11.7. The van der Waals surface area contributed by atoms with Gasteiger partial charge in [0.05, 0.1) is 34.0 Å². The Morgan fingerprint density at radius 1 is 0.839 bits per heavy atom. The number of carbonyl (C=O) groups excluding carboxylic acids is 1. The van der Waals surface area contributed by atoms with Gasteiger partial charge in [0.15, 0.2) is 11.5 Å². The number of nitrogen functional groups attached to an aromatic ring is 1. The molecule has 0 amide bonds. The number of nitrogens with zero attached hydrogens (tertiary/aromatic N) is 3. The molecule has 0 saturated carbocycles. The molecule has 1 heterocycles. The second-order valence-electron chi connectivity index (χ2n) is 6.08. The van der Waals surface area contributed by atoms with Crippen LogP contribution in [0, 0.1) is 0 Å². The fourth-order valence-electron chi connectivity index (χ4n) is 2.76. The number of methoxy groups -OCH3 is 4. The summed E-state index contributed by atoms with van der Waals surface area (Å²) in [6.45, 7) is 0. The summed E-state index contributed by atoms with van der Waals surface area (Å²) in [7, 11) is 5.88. The molecule has 0 radical (unpaired) electrons. The van der Waals surface area contributed by atoms with Gasteiger partial charge >= 0.3 is 5.97 Å². The zero-order chi connectivity index (χ0) is 22.4. The maximum Gasteiger partial charge on any atom is 0.337 e. The van der Waals surface area contributed by atoms with Crippen molar-refractivity contribution in [2.24, 2.45) is 0 Å². The van der Waals surface area contributed by atoms with Gasteiger partial charge in [-0.15, -0.1) is 0 Å². The predicted octanol–water partition coefficient (Wildman–Crippen LogP) is 2.75. The lowest BCUT2D eigenvalue weighted by atomic mass is 10.2. The Bertz CT molecular complexity index is 1070. The van der Waals surface area contributed by atoms with Crippen LogP contribution in [0.2, 0.25) is 0 Å². The van der Waals surface area contributed by atoms with Crippen LogP contribution in [-0.4, -0.2) is 49.4 Å². The molecule has 0 spiro atoms. The first-order valence-corrected chi connectivity index (χ1v) is 9.01. The number of carbonyl (C=O) groups is 1. The van der Waals surface area contributed by atoms with E-state index < -0.39 is 5.97 Å². The van der Waals surface area contributed by atoms with E-state index in [0.717, 1.165) is 0 Å². The minimum Gasteiger partial charge on any atom is -0.493 e. The number of esters is 1. The molecule has 0 aliphatic heterocycles. The summed E-state index contributed by atoms with van der Waals surface area (Å²) in [5, 5.41) is 6.03. The van der Waals surface area contributed by atoms with Crippen LogP contribution >= 0.6 is 0 Å². The van der Waals surface area contributed by atoms with Crippen molar-refractivity contribution in [2.45, 2.75) is 0 Å². The van der Waals surface area contributed by atoms with Crippen LogP contribution in [0.15, 0.2) is 36.4 Å². The van der Waals surface area contributed by atoms with Gasteiger partial charge in [-0.3, -0.25) is 0 Å². The first-order valence-electron chi connectivity index (χ1n) is 9.01. The molecule has 1 aromatic heterocycles. The fraction of sp³-hybridized carbons (Fsp3) is 0.200. The molecule has 0 aliphatic rings. The van der Waals surface area contributed by atoms with Crippen LogP contribution in [0.1, 0.15) is 10.4 Å². The molecule has 0 saturated heterocycles. The Balaban J connectivity index is 1.88. The van der Waals surface area contributed by atoms with E-state index >= 15 is 0 Å². The summed E-state index contributed by atoms with van der Waals surface area (Å²) in [6, 6.07) is 10.1. The Morgan fingerprint density at radius 2 is 1.45 bits per heavy atom. The Labute approximate surface area is 178 Å². The van der Waals surface area contributed by atoms with Gasteiger partial charge in [-0.05, 0) is 18.2 Å². The van der Waals surface area contributed by atoms with E-state index in [1.807, 2.05) is 0 Å². The zero-order valence-electron chi connectivity index (χ0n) is 17.4. The summed E-state index contributed by atoms with van der Waals surface area (Å²) in [5.74, 6) is 1.30. The molecule has 2 aromatic carbocycles. The highest BCUT2D eigenvalue weighted by Crippen LogP contribution is 2.40. The Morgan fingerprint density at radius 3 is 2.00 bits per heavy atom. The first kappa shape index (κ1) is 21.4. The molecular weight excluding hydrogens is 404 g/mol. The van der Waals surface area contributed by atoms with E-state index in [-0.39, 0.29) is 17.8 Å². The van der Waals surface area contributed by atoms with Crippen LogP contribution in [0.25, 0.3) is 0 Å². The largest absolute Gasteiger partial charge is 0.493 e. The molecule has 31 heavy (non-hydrogen) atoms. The summed E-state index contributed by atoms with van der Waals surface area (Å²) < 4.78 is 20.8. The van der Waals surface area contributed by atoms with Gasteiger partial charge in [0.2, 0.25) is 23.6 Å². The Hall–Kier alpha value is -4.28. The van der Waals surface area contributed by atoms with E-state index in [2.05, 4.69) is 25.6 Å². The topological polar surface area (TPSA) is 143 Å². The second-order valence-corrected chi connectivity index (χ2v) is 6.08. The van der Waals surface area contributed by atoms with Gasteiger partial charge in [0.1, 0.15) is 0 Å². The van der Waals surface area contributed by atoms with Crippen molar-refractivity contribution in [3.05, 3.63) is 42.0 Å². The maximum absolute atomic E-state index is 11.7. The van der Waals surface area contributed by atoms with Gasteiger partial charge in [0, 0.05) is 23.5 Å². The number of nitrogens with two attached hydrogens (primary N) is 1. The third-order valence-corrected chi connectivity index (χ3v) is 4.11. The van der Waals surface area contributed by atoms with Gasteiger partial charge in [-0.1, -0.05) is 6.07 Å². The monoisotopic (exact) mass is 426 g/mol. The normalized spacial score (nSPS) is 10.2. The SMILES string of the molecule is COC(=O)c1cccc(Nc2nc(N)nc(Nc3cc(OC)c(OC)c(OC)c3)n2)c1. The van der Waals surface area contributed by atoms with E-state index in [9.17, 15) is 4.79 Å². The van der Waals surface area contributed by atoms with E-state index in [0.29, 0.717) is 34.2 Å². The van der Waals surface area contributed by atoms with E-state index in [1.54, 1.807) is 36.4 Å². The van der Waals surface area contributed by atoms with Gasteiger partial charge < -0.3 is 35.3 Å². The second kappa shape index (κ2) is 9.48. The summed E-state index contributed by atoms with van der Waals surface area (Å²) >= 11 is 0. The van der Waals surface area contributed by atoms with Crippen molar-refractivity contribution in [2.75, 3.05) is 44.8 Å². The standard InChI is InChI=1S/C20H22N6O5/c1-28-14-9-13(10-15(29-2)16(14)30-3)23-20-25-18(21)24-19(26-20)22-12-7-5-6-11(8-12)17(27)31-4/h5-10H,1-4H3,(H4,21,22,23,24,25,26). The number of benzene rings is 2. The fourth-order valence-corrected chi connectivity index (χ4v) is 2.76. The van der Waals surface area contributed by atoms with Crippen LogP contribution in [0.5, 0.6) is 17.2 Å². The molecule has 11 nitrogen and oxygen atoms in total. The van der Waals surface area contributed by atoms with Crippen molar-refractivity contribution in [1.82, 2.24) is 15.0 Å². The van der Waals surface area contributed by atoms with E-state index in [4.69, 9.17) is 24.7 Å². The average molecular weight is 426 g/mol. The van der Waals surface area contributed by atoms with Crippen molar-refractivity contribution in [1.29, 1.82) is 0 Å². The number of ether oxygens (including phenoxy) is 4. The van der Waals surface area contributed by atoms with Crippen molar-refractivity contribution < 1.29 is 23.7 Å². The van der Waals surface area contributed by atoms with Crippen LogP contribution in [0.4, 0.5) is 29.2 Å². The van der Waals surface area contributed by atoms with Crippen molar-refractivity contribution in [3.63, 3.8) is 0 Å². The lowest BCUT2D eigenvalue weighted by Gasteiger charge is -2.15. The number of hydrogen-bond acceptors (Lipinski definition) is 11. The van der Waals surface area contributed by atoms with Crippen LogP contribution in [0.3, 0.4) is 0 Å². The number of hydrogen-bond donors (Lipinski definition) is 3. The van der Waals surface area contributed by atoms with E-state index in [1.165, 1.54) is 28.4 Å². The minimum atomic E-state index is -0.455. The number of rotatable bonds is 8. The molecule has 0 atom stereocenters. The third-order valence-electron chi connectivity index (χ3n) is 4.11. The molecule has 0 bridgehead atoms. The quantitative estimate of drug-likeness (QED) is 0.457. The first-order chi connectivity index (χ1) is 15.0. The van der Waals surface area contributed by atoms with Gasteiger partial charge in [-0.2, -0.15) is 15.0 Å². The molecule has 162 valence electrons. The molecule has 0 aliphatic carbocycles. The minimum absolute atomic E-state index is 0.00318. The number of aromatic nitrogens is 3. The highest BCUT2D eigenvalue weighted by atomic mass is 16.5. The molecular formula is C20H22N6O5. The predicted molar refractivity (Wildman–Crippen MR) is 115 cm³/mol. The smallest absolute Gasteiger partial charge is 0.337 e. The average Bonchev–Trinajstić information content (AvgIpc) is 2.77. The Kier molecular flexibility index (Phi) is 6.55.